The van der Waals surface area contributed by atoms with Crippen molar-refractivity contribution >= 4 is 23.5 Å². The molecule has 1 heterocycles. The first kappa shape index (κ1) is 14.8. The van der Waals surface area contributed by atoms with Crippen molar-refractivity contribution in [3.05, 3.63) is 0 Å². The van der Waals surface area contributed by atoms with Gasteiger partial charge in [-0.2, -0.15) is 0 Å². The Balaban J connectivity index is 3.16. The molecule has 0 aromatic carbocycles. The van der Waals surface area contributed by atoms with Gasteiger partial charge in [0.15, 0.2) is 0 Å². The summed E-state index contributed by atoms with van der Waals surface area (Å²) in [5.74, 6) is 0. The molecule has 1 rings (SSSR count). The molecule has 1 aliphatic heterocycles. The molecule has 0 amide bonds. The van der Waals surface area contributed by atoms with Gasteiger partial charge in [0, 0.05) is 0 Å². The van der Waals surface area contributed by atoms with E-state index in [1.54, 1.807) is 0 Å². The topological polar surface area (TPSA) is 125 Å². The van der Waals surface area contributed by atoms with Crippen LogP contribution in [-0.4, -0.2) is 28.4 Å². The summed E-state index contributed by atoms with van der Waals surface area (Å²) in [5.41, 5.74) is 11.7. The molecule has 0 spiro atoms. The van der Waals surface area contributed by atoms with Crippen LogP contribution in [0.2, 0.25) is 0 Å². The second kappa shape index (κ2) is 5.18. The molecule has 0 aliphatic carbocycles. The summed E-state index contributed by atoms with van der Waals surface area (Å²) in [5, 5.41) is 0. The van der Waals surface area contributed by atoms with Crippen molar-refractivity contribution in [1.29, 1.82) is 0 Å². The minimum atomic E-state index is -3.02. The Morgan fingerprint density at radius 1 is 1.00 bits per heavy atom. The number of nitrogens with zero attached hydrogens (tertiary/aromatic N) is 1. The second-order valence-electron chi connectivity index (χ2n) is 3.09. The Kier molecular flexibility index (Phi) is 4.80. The molecule has 6 N–H and O–H groups in total. The fourth-order valence-electron chi connectivity index (χ4n) is 1.28. The molecule has 0 radical (unpaired) electrons. The molecule has 100 valence electrons. The van der Waals surface area contributed by atoms with Crippen molar-refractivity contribution in [1.82, 2.24) is 9.72 Å². The molecule has 0 saturated heterocycles. The van der Waals surface area contributed by atoms with Crippen molar-refractivity contribution in [2.24, 2.45) is 15.5 Å². The van der Waals surface area contributed by atoms with Crippen molar-refractivity contribution in [2.75, 3.05) is 28.4 Å². The Bertz CT molecular complexity index is 300. The van der Waals surface area contributed by atoms with E-state index >= 15 is 0 Å². The predicted octanol–water partition coefficient (Wildman–Crippen LogP) is 0.448. The van der Waals surface area contributed by atoms with Crippen LogP contribution in [0.4, 0.5) is 0 Å². The molecule has 9 nitrogen and oxygen atoms in total. The summed E-state index contributed by atoms with van der Waals surface area (Å²) in [7, 11) is -2.72. The van der Waals surface area contributed by atoms with Gasteiger partial charge in [-0.25, -0.2) is 0 Å². The SMILES string of the molecule is CO[PH]1(OC)N=P(N)(N)N[PH](OC)(OC)N1. The Labute approximate surface area is 96.0 Å². The number of rotatable bonds is 4. The van der Waals surface area contributed by atoms with Crippen LogP contribution in [0.5, 0.6) is 0 Å². The predicted molar refractivity (Wildman–Crippen MR) is 68.7 cm³/mol. The molecular formula is C4H20N5O4P3. The molecule has 0 saturated carbocycles. The van der Waals surface area contributed by atoms with Crippen molar-refractivity contribution in [3.8, 4) is 0 Å². The summed E-state index contributed by atoms with van der Waals surface area (Å²) >= 11 is 0. The molecule has 0 fully saturated rings. The van der Waals surface area contributed by atoms with Gasteiger partial charge < -0.3 is 0 Å². The monoisotopic (exact) mass is 295 g/mol. The zero-order valence-electron chi connectivity index (χ0n) is 9.68. The maximum atomic E-state index is 5.85. The Morgan fingerprint density at radius 3 is 1.88 bits per heavy atom. The maximum absolute atomic E-state index is 5.85. The van der Waals surface area contributed by atoms with Crippen molar-refractivity contribution in [3.63, 3.8) is 0 Å². The van der Waals surface area contributed by atoms with Gasteiger partial charge in [0.1, 0.15) is 0 Å². The van der Waals surface area contributed by atoms with Crippen molar-refractivity contribution < 1.29 is 18.1 Å². The molecular weight excluding hydrogens is 275 g/mol. The van der Waals surface area contributed by atoms with Gasteiger partial charge in [0.2, 0.25) is 0 Å². The van der Waals surface area contributed by atoms with Gasteiger partial charge in [-0.1, -0.05) is 0 Å². The third kappa shape index (κ3) is 2.96. The number of nitrogens with two attached hydrogens (primary N) is 2. The van der Waals surface area contributed by atoms with E-state index in [-0.39, 0.29) is 0 Å². The van der Waals surface area contributed by atoms with E-state index in [0.29, 0.717) is 0 Å². The van der Waals surface area contributed by atoms with E-state index in [1.165, 1.54) is 28.4 Å². The van der Waals surface area contributed by atoms with Gasteiger partial charge in [-0.3, -0.25) is 0 Å². The number of hydrogen-bond acceptors (Lipinski definition) is 9. The van der Waals surface area contributed by atoms with Crippen LogP contribution in [0.1, 0.15) is 0 Å². The number of hydrogen-bond donors (Lipinski definition) is 4. The standard InChI is InChI=1S/C4H20N5O4P3/c1-10-15(11-2)7-14(5,6)8-16(9-15,12-3)13-4/h7,9,15-16H,5-6H2,1-4H3. The first-order chi connectivity index (χ1) is 7.36. The van der Waals surface area contributed by atoms with E-state index < -0.39 is 23.5 Å². The third-order valence-corrected chi connectivity index (χ3v) is 11.9. The Morgan fingerprint density at radius 2 is 1.50 bits per heavy atom. The molecule has 0 bridgehead atoms. The average Bonchev–Trinajstić information content (AvgIpc) is 2.26. The normalized spacial score (nSPS) is 30.1. The van der Waals surface area contributed by atoms with Gasteiger partial charge in [-0.05, 0) is 0 Å². The number of nitrogens with one attached hydrogen (secondary N) is 2. The quantitative estimate of drug-likeness (QED) is 0.551. The molecule has 0 atom stereocenters. The average molecular weight is 295 g/mol. The fraction of sp³-hybridized carbons (Fsp3) is 1.00. The summed E-state index contributed by atoms with van der Waals surface area (Å²) in [4.78, 5) is 5.90. The summed E-state index contributed by atoms with van der Waals surface area (Å²) in [6.45, 7) is 0. The fourth-order valence-corrected chi connectivity index (χ4v) is 12.0. The van der Waals surface area contributed by atoms with Crippen LogP contribution in [-0.2, 0) is 18.1 Å². The van der Waals surface area contributed by atoms with Crippen LogP contribution >= 0.6 is 23.5 Å². The summed E-state index contributed by atoms with van der Waals surface area (Å²) in [6, 6.07) is 0. The molecule has 0 aromatic rings. The van der Waals surface area contributed by atoms with Crippen LogP contribution in [0.15, 0.2) is 4.52 Å². The van der Waals surface area contributed by atoms with E-state index in [9.17, 15) is 0 Å². The zero-order chi connectivity index (χ0) is 12.4. The van der Waals surface area contributed by atoms with E-state index in [4.69, 9.17) is 29.1 Å². The van der Waals surface area contributed by atoms with E-state index in [2.05, 4.69) is 14.2 Å². The molecule has 1 aliphatic rings. The van der Waals surface area contributed by atoms with Gasteiger partial charge in [-0.15, -0.1) is 0 Å². The van der Waals surface area contributed by atoms with Crippen molar-refractivity contribution in [2.45, 2.75) is 0 Å². The van der Waals surface area contributed by atoms with Crippen LogP contribution < -0.4 is 20.7 Å². The van der Waals surface area contributed by atoms with Crippen LogP contribution in [0.3, 0.4) is 0 Å². The van der Waals surface area contributed by atoms with Gasteiger partial charge >= 0.3 is 95.3 Å². The van der Waals surface area contributed by atoms with Gasteiger partial charge in [0.05, 0.1) is 0 Å². The minimum absolute atomic E-state index is 1.47. The van der Waals surface area contributed by atoms with E-state index in [0.717, 1.165) is 0 Å². The first-order valence-electron chi connectivity index (χ1n) is 4.36. The third-order valence-electron chi connectivity index (χ3n) is 2.07. The van der Waals surface area contributed by atoms with Crippen LogP contribution in [0, 0.1) is 0 Å². The van der Waals surface area contributed by atoms with E-state index in [1.807, 2.05) is 0 Å². The summed E-state index contributed by atoms with van der Waals surface area (Å²) < 4.78 is 25.3. The van der Waals surface area contributed by atoms with Crippen LogP contribution in [0.25, 0.3) is 0 Å². The molecule has 16 heavy (non-hydrogen) atoms. The molecule has 0 unspecified atom stereocenters. The first-order valence-corrected chi connectivity index (χ1v) is 9.82. The Hall–Kier alpha value is 0.770. The van der Waals surface area contributed by atoms with Gasteiger partial charge in [0.25, 0.3) is 0 Å². The zero-order valence-corrected chi connectivity index (χ0v) is 12.6. The molecule has 12 heteroatoms. The summed E-state index contributed by atoms with van der Waals surface area (Å²) in [6.07, 6.45) is 0. The second-order valence-corrected chi connectivity index (χ2v) is 11.3. The molecule has 0 aromatic heterocycles.